The number of carbonyl (C=O) groups excluding carboxylic acids is 3. The molecule has 0 spiro atoms. The largest absolute Gasteiger partial charge is 0.462 e. The van der Waals surface area contributed by atoms with Crippen LogP contribution < -0.4 is 0 Å². The first-order valence-electron chi connectivity index (χ1n) is 28.9. The van der Waals surface area contributed by atoms with Gasteiger partial charge in [-0.25, -0.2) is 0 Å². The lowest BCUT2D eigenvalue weighted by Crippen LogP contribution is -2.30. The lowest BCUT2D eigenvalue weighted by Gasteiger charge is -2.18. The second-order valence-electron chi connectivity index (χ2n) is 20.4. The smallest absolute Gasteiger partial charge is 0.306 e. The predicted octanol–water partition coefficient (Wildman–Crippen LogP) is 19.0. The van der Waals surface area contributed by atoms with Gasteiger partial charge in [-0.3, -0.25) is 14.4 Å². The molecule has 0 amide bonds. The van der Waals surface area contributed by atoms with E-state index in [4.69, 9.17) is 14.2 Å². The summed E-state index contributed by atoms with van der Waals surface area (Å²) in [4.78, 5) is 38.1. The van der Waals surface area contributed by atoms with Gasteiger partial charge in [0.15, 0.2) is 6.10 Å². The van der Waals surface area contributed by atoms with Crippen LogP contribution in [-0.2, 0) is 28.6 Å². The van der Waals surface area contributed by atoms with E-state index in [0.29, 0.717) is 19.3 Å². The lowest BCUT2D eigenvalue weighted by molar-refractivity contribution is -0.167. The van der Waals surface area contributed by atoms with Gasteiger partial charge in [-0.1, -0.05) is 291 Å². The van der Waals surface area contributed by atoms with Crippen LogP contribution >= 0.6 is 0 Å². The van der Waals surface area contributed by atoms with Crippen LogP contribution in [0.2, 0.25) is 0 Å². The molecule has 1 atom stereocenters. The van der Waals surface area contributed by atoms with Crippen molar-refractivity contribution >= 4 is 17.9 Å². The first-order valence-corrected chi connectivity index (χ1v) is 28.9. The van der Waals surface area contributed by atoms with Gasteiger partial charge >= 0.3 is 17.9 Å². The topological polar surface area (TPSA) is 78.9 Å². The highest BCUT2D eigenvalue weighted by atomic mass is 16.6. The lowest BCUT2D eigenvalue weighted by atomic mass is 10.0. The number of rotatable bonds is 53. The molecule has 0 fully saturated rings. The molecule has 0 aromatic carbocycles. The molecule has 0 heterocycles. The molecule has 0 N–H and O–H groups in total. The number of esters is 3. The van der Waals surface area contributed by atoms with Crippen molar-refractivity contribution in [3.05, 3.63) is 0 Å². The van der Waals surface area contributed by atoms with Crippen LogP contribution in [0.1, 0.15) is 329 Å². The summed E-state index contributed by atoms with van der Waals surface area (Å²) in [5.74, 6) is -0.00144. The highest BCUT2D eigenvalue weighted by Crippen LogP contribution is 2.18. The van der Waals surface area contributed by atoms with Crippen LogP contribution in [0.5, 0.6) is 0 Å². The molecular formula is C58H112O6. The van der Waals surface area contributed by atoms with E-state index in [9.17, 15) is 14.4 Å². The van der Waals surface area contributed by atoms with E-state index in [-0.39, 0.29) is 31.1 Å². The van der Waals surface area contributed by atoms with Crippen LogP contribution in [0.25, 0.3) is 0 Å². The maximum Gasteiger partial charge on any atom is 0.306 e. The summed E-state index contributed by atoms with van der Waals surface area (Å²) in [5, 5.41) is 0. The Hall–Kier alpha value is -1.59. The number of carbonyl (C=O) groups is 3. The number of hydrogen-bond donors (Lipinski definition) is 0. The van der Waals surface area contributed by atoms with E-state index in [2.05, 4.69) is 27.7 Å². The third-order valence-corrected chi connectivity index (χ3v) is 13.3. The molecule has 64 heavy (non-hydrogen) atoms. The van der Waals surface area contributed by atoms with Crippen LogP contribution in [0.4, 0.5) is 0 Å². The van der Waals surface area contributed by atoms with Gasteiger partial charge < -0.3 is 14.2 Å². The molecule has 0 aliphatic carbocycles. The van der Waals surface area contributed by atoms with Crippen molar-refractivity contribution in [3.8, 4) is 0 Å². The van der Waals surface area contributed by atoms with E-state index in [0.717, 1.165) is 63.7 Å². The SMILES string of the molecule is CCCCCCCCCCCCCCCCCCCC(=O)OC[C@H](COC(=O)CCCCCCCCCCCCCCC(C)C)OC(=O)CCCCCCCCCCCCCCCC. The Balaban J connectivity index is 4.29. The van der Waals surface area contributed by atoms with Gasteiger partial charge in [-0.15, -0.1) is 0 Å². The van der Waals surface area contributed by atoms with E-state index in [1.807, 2.05) is 0 Å². The maximum absolute atomic E-state index is 12.8. The Morgan fingerprint density at radius 1 is 0.297 bits per heavy atom. The fourth-order valence-corrected chi connectivity index (χ4v) is 8.92. The summed E-state index contributed by atoms with van der Waals surface area (Å²) < 4.78 is 16.9. The highest BCUT2D eigenvalue weighted by Gasteiger charge is 2.19. The fourth-order valence-electron chi connectivity index (χ4n) is 8.92. The molecule has 0 radical (unpaired) electrons. The second-order valence-corrected chi connectivity index (χ2v) is 20.4. The zero-order chi connectivity index (χ0) is 46.7. The molecule has 380 valence electrons. The molecule has 0 bridgehead atoms. The van der Waals surface area contributed by atoms with Gasteiger partial charge in [0, 0.05) is 19.3 Å². The summed E-state index contributed by atoms with van der Waals surface area (Å²) >= 11 is 0. The van der Waals surface area contributed by atoms with Crippen molar-refractivity contribution < 1.29 is 28.6 Å². The van der Waals surface area contributed by atoms with Crippen LogP contribution in [0.15, 0.2) is 0 Å². The minimum absolute atomic E-state index is 0.0618. The standard InChI is InChI=1S/C58H112O6/c1-5-7-9-11-13-15-17-19-21-22-23-25-29-33-37-41-45-49-56(59)62-52-55(64-58(61)51-47-43-39-35-31-24-20-18-16-14-12-10-8-6-2)53-63-57(60)50-46-42-38-34-30-27-26-28-32-36-40-44-48-54(3)4/h54-55H,5-53H2,1-4H3/t55-/m1/s1. The maximum atomic E-state index is 12.8. The quantitative estimate of drug-likeness (QED) is 0.0344. The molecular weight excluding hydrogens is 793 g/mol. The van der Waals surface area contributed by atoms with Crippen LogP contribution in [0.3, 0.4) is 0 Å². The van der Waals surface area contributed by atoms with E-state index in [1.54, 1.807) is 0 Å². The van der Waals surface area contributed by atoms with Crippen molar-refractivity contribution in [1.29, 1.82) is 0 Å². The van der Waals surface area contributed by atoms with Gasteiger partial charge in [0.1, 0.15) is 13.2 Å². The van der Waals surface area contributed by atoms with E-state index < -0.39 is 6.10 Å². The summed E-state index contributed by atoms with van der Waals surface area (Å²) in [6.45, 7) is 9.06. The van der Waals surface area contributed by atoms with Crippen molar-refractivity contribution in [3.63, 3.8) is 0 Å². The van der Waals surface area contributed by atoms with Gasteiger partial charge in [-0.05, 0) is 25.2 Å². The summed E-state index contributed by atoms with van der Waals surface area (Å²) in [5.41, 5.74) is 0. The Morgan fingerprint density at radius 3 is 0.766 bits per heavy atom. The minimum atomic E-state index is -0.761. The number of hydrogen-bond acceptors (Lipinski definition) is 6. The second kappa shape index (κ2) is 52.4. The third kappa shape index (κ3) is 51.4. The van der Waals surface area contributed by atoms with Crippen LogP contribution in [-0.4, -0.2) is 37.2 Å². The van der Waals surface area contributed by atoms with Crippen molar-refractivity contribution in [2.75, 3.05) is 13.2 Å². The fraction of sp³-hybridized carbons (Fsp3) is 0.948. The van der Waals surface area contributed by atoms with Crippen molar-refractivity contribution in [2.45, 2.75) is 336 Å². The molecule has 0 saturated carbocycles. The Labute approximate surface area is 399 Å². The number of ether oxygens (including phenoxy) is 3. The Kier molecular flexibility index (Phi) is 51.1. The van der Waals surface area contributed by atoms with Crippen molar-refractivity contribution in [1.82, 2.24) is 0 Å². The van der Waals surface area contributed by atoms with Gasteiger partial charge in [0.25, 0.3) is 0 Å². The highest BCUT2D eigenvalue weighted by molar-refractivity contribution is 5.71. The van der Waals surface area contributed by atoms with Gasteiger partial charge in [0.05, 0.1) is 0 Å². The average Bonchev–Trinajstić information content (AvgIpc) is 3.28. The zero-order valence-corrected chi connectivity index (χ0v) is 43.8. The molecule has 0 aliphatic rings. The Morgan fingerprint density at radius 2 is 0.516 bits per heavy atom. The summed E-state index contributed by atoms with van der Waals surface area (Å²) in [6, 6.07) is 0. The molecule has 6 nitrogen and oxygen atoms in total. The first-order chi connectivity index (χ1) is 31.4. The molecule has 0 aromatic heterocycles. The third-order valence-electron chi connectivity index (χ3n) is 13.3. The van der Waals surface area contributed by atoms with E-state index in [1.165, 1.54) is 225 Å². The molecule has 0 unspecified atom stereocenters. The summed E-state index contributed by atoms with van der Waals surface area (Å²) in [6.07, 6.45) is 56.6. The number of unbranched alkanes of at least 4 members (excludes halogenated alkanes) is 40. The molecule has 0 aromatic rings. The average molecular weight is 906 g/mol. The van der Waals surface area contributed by atoms with Crippen molar-refractivity contribution in [2.24, 2.45) is 5.92 Å². The monoisotopic (exact) mass is 905 g/mol. The minimum Gasteiger partial charge on any atom is -0.462 e. The van der Waals surface area contributed by atoms with Gasteiger partial charge in [0.2, 0.25) is 0 Å². The first kappa shape index (κ1) is 62.4. The molecule has 0 rings (SSSR count). The predicted molar refractivity (Wildman–Crippen MR) is 275 cm³/mol. The zero-order valence-electron chi connectivity index (χ0n) is 43.8. The Bertz CT molecular complexity index is 964. The van der Waals surface area contributed by atoms with E-state index >= 15 is 0 Å². The van der Waals surface area contributed by atoms with Gasteiger partial charge in [-0.2, -0.15) is 0 Å². The molecule has 0 aliphatic heterocycles. The van der Waals surface area contributed by atoms with Crippen LogP contribution in [0, 0.1) is 5.92 Å². The molecule has 0 saturated heterocycles. The molecule has 6 heteroatoms. The normalized spacial score (nSPS) is 12.0. The summed E-state index contributed by atoms with van der Waals surface area (Å²) in [7, 11) is 0.